The van der Waals surface area contributed by atoms with Crippen molar-refractivity contribution in [3.05, 3.63) is 59.7 Å². The van der Waals surface area contributed by atoms with Crippen molar-refractivity contribution >= 4 is 12.1 Å². The number of alkyl carbamates (subject to hydrolysis) is 1. The van der Waals surface area contributed by atoms with Crippen molar-refractivity contribution in [2.45, 2.75) is 25.7 Å². The molecular formula is C21H23NO4. The summed E-state index contributed by atoms with van der Waals surface area (Å²) in [5, 5.41) is 11.7. The molecule has 1 amide bonds. The Morgan fingerprint density at radius 2 is 1.65 bits per heavy atom. The minimum Gasteiger partial charge on any atom is -0.481 e. The van der Waals surface area contributed by atoms with Crippen LogP contribution in [-0.2, 0) is 9.53 Å². The minimum absolute atomic E-state index is 0.000868. The molecule has 2 aromatic rings. The largest absolute Gasteiger partial charge is 0.481 e. The summed E-state index contributed by atoms with van der Waals surface area (Å²) in [7, 11) is 0. The van der Waals surface area contributed by atoms with Gasteiger partial charge in [-0.25, -0.2) is 4.79 Å². The van der Waals surface area contributed by atoms with Gasteiger partial charge >= 0.3 is 12.1 Å². The Morgan fingerprint density at radius 3 is 2.19 bits per heavy atom. The lowest BCUT2D eigenvalue weighted by Crippen LogP contribution is -2.34. The molecular weight excluding hydrogens is 330 g/mol. The fourth-order valence-corrected chi connectivity index (χ4v) is 3.52. The number of aliphatic carboxylic acids is 1. The zero-order valence-corrected chi connectivity index (χ0v) is 14.8. The molecule has 5 heteroatoms. The van der Waals surface area contributed by atoms with Crippen LogP contribution in [0, 0.1) is 5.92 Å². The summed E-state index contributed by atoms with van der Waals surface area (Å²) in [6.45, 7) is 2.23. The van der Waals surface area contributed by atoms with Crippen LogP contribution in [-0.4, -0.2) is 30.3 Å². The molecule has 136 valence electrons. The molecule has 0 aliphatic heterocycles. The summed E-state index contributed by atoms with van der Waals surface area (Å²) in [5.74, 6) is -1.48. The van der Waals surface area contributed by atoms with Gasteiger partial charge in [0.05, 0.1) is 5.92 Å². The number of hydrogen-bond donors (Lipinski definition) is 2. The quantitative estimate of drug-likeness (QED) is 0.788. The molecule has 1 aliphatic carbocycles. The highest BCUT2D eigenvalue weighted by atomic mass is 16.5. The third kappa shape index (κ3) is 3.72. The third-order valence-electron chi connectivity index (χ3n) is 4.82. The van der Waals surface area contributed by atoms with E-state index in [1.807, 2.05) is 31.2 Å². The molecule has 0 spiro atoms. The Bertz CT molecular complexity index is 757. The van der Waals surface area contributed by atoms with Crippen molar-refractivity contribution in [1.82, 2.24) is 5.32 Å². The molecule has 0 heterocycles. The van der Waals surface area contributed by atoms with E-state index < -0.39 is 18.0 Å². The predicted molar refractivity (Wildman–Crippen MR) is 99.1 cm³/mol. The highest BCUT2D eigenvalue weighted by Gasteiger charge is 2.29. The first-order valence-corrected chi connectivity index (χ1v) is 8.93. The van der Waals surface area contributed by atoms with Crippen molar-refractivity contribution in [2.24, 2.45) is 5.92 Å². The smallest absolute Gasteiger partial charge is 0.407 e. The van der Waals surface area contributed by atoms with Gasteiger partial charge in [-0.15, -0.1) is 0 Å². The summed E-state index contributed by atoms with van der Waals surface area (Å²) in [5.41, 5.74) is 4.64. The fourth-order valence-electron chi connectivity index (χ4n) is 3.52. The highest BCUT2D eigenvalue weighted by molar-refractivity contribution is 5.79. The monoisotopic (exact) mass is 353 g/mol. The maximum Gasteiger partial charge on any atom is 0.407 e. The first kappa shape index (κ1) is 18.0. The normalized spacial score (nSPS) is 13.6. The van der Waals surface area contributed by atoms with E-state index in [4.69, 9.17) is 9.84 Å². The van der Waals surface area contributed by atoms with Gasteiger partial charge in [-0.1, -0.05) is 61.9 Å². The maximum absolute atomic E-state index is 12.0. The van der Waals surface area contributed by atoms with Crippen LogP contribution < -0.4 is 5.32 Å². The minimum atomic E-state index is -0.897. The van der Waals surface area contributed by atoms with Crippen LogP contribution in [0.1, 0.15) is 36.8 Å². The Balaban J connectivity index is 1.63. The summed E-state index contributed by atoms with van der Waals surface area (Å²) in [6, 6.07) is 16.3. The number of benzene rings is 2. The number of carboxylic acid groups (broad SMARTS) is 1. The van der Waals surface area contributed by atoms with Crippen LogP contribution in [0.5, 0.6) is 0 Å². The van der Waals surface area contributed by atoms with Gasteiger partial charge < -0.3 is 15.2 Å². The van der Waals surface area contributed by atoms with E-state index in [1.54, 1.807) is 0 Å². The molecule has 0 unspecified atom stereocenters. The van der Waals surface area contributed by atoms with E-state index in [0.717, 1.165) is 17.5 Å². The molecule has 0 fully saturated rings. The molecule has 26 heavy (non-hydrogen) atoms. The van der Waals surface area contributed by atoms with E-state index >= 15 is 0 Å². The van der Waals surface area contributed by atoms with Crippen LogP contribution in [0.15, 0.2) is 48.5 Å². The van der Waals surface area contributed by atoms with E-state index in [9.17, 15) is 9.59 Å². The topological polar surface area (TPSA) is 75.6 Å². The number of carbonyl (C=O) groups excluding carboxylic acids is 1. The zero-order chi connectivity index (χ0) is 18.5. The predicted octanol–water partition coefficient (Wildman–Crippen LogP) is 4.03. The number of rotatable bonds is 7. The molecule has 0 aromatic heterocycles. The average Bonchev–Trinajstić information content (AvgIpc) is 2.97. The summed E-state index contributed by atoms with van der Waals surface area (Å²) < 4.78 is 5.40. The van der Waals surface area contributed by atoms with Crippen LogP contribution in [0.2, 0.25) is 0 Å². The molecule has 0 saturated carbocycles. The lowest BCUT2D eigenvalue weighted by atomic mass is 9.98. The van der Waals surface area contributed by atoms with E-state index in [1.165, 1.54) is 11.1 Å². The van der Waals surface area contributed by atoms with Crippen molar-refractivity contribution < 1.29 is 19.4 Å². The van der Waals surface area contributed by atoms with Gasteiger partial charge in [0, 0.05) is 12.5 Å². The SMILES string of the molecule is CCC[C@H](CNC(=O)OCC1c2ccccc2-c2ccccc21)C(=O)O. The van der Waals surface area contributed by atoms with Gasteiger partial charge in [-0.3, -0.25) is 4.79 Å². The fraction of sp³-hybridized carbons (Fsp3) is 0.333. The van der Waals surface area contributed by atoms with Gasteiger partial charge in [0.2, 0.25) is 0 Å². The number of fused-ring (bicyclic) bond motifs is 3. The first-order chi connectivity index (χ1) is 12.6. The Labute approximate surface area is 153 Å². The Hall–Kier alpha value is -2.82. The molecule has 3 rings (SSSR count). The molecule has 2 aromatic carbocycles. The number of amides is 1. The molecule has 1 aliphatic rings. The van der Waals surface area contributed by atoms with Crippen LogP contribution in [0.25, 0.3) is 11.1 Å². The van der Waals surface area contributed by atoms with Gasteiger partial charge in [0.1, 0.15) is 6.61 Å². The van der Waals surface area contributed by atoms with Crippen molar-refractivity contribution in [3.8, 4) is 11.1 Å². The number of carbonyl (C=O) groups is 2. The molecule has 0 bridgehead atoms. The average molecular weight is 353 g/mol. The Morgan fingerprint density at radius 1 is 1.08 bits per heavy atom. The lowest BCUT2D eigenvalue weighted by Gasteiger charge is -2.16. The molecule has 0 radical (unpaired) electrons. The molecule has 1 atom stereocenters. The molecule has 2 N–H and O–H groups in total. The van der Waals surface area contributed by atoms with Gasteiger partial charge in [-0.2, -0.15) is 0 Å². The zero-order valence-electron chi connectivity index (χ0n) is 14.8. The van der Waals surface area contributed by atoms with E-state index in [0.29, 0.717) is 6.42 Å². The lowest BCUT2D eigenvalue weighted by molar-refractivity contribution is -0.141. The van der Waals surface area contributed by atoms with Crippen molar-refractivity contribution in [3.63, 3.8) is 0 Å². The van der Waals surface area contributed by atoms with Crippen molar-refractivity contribution in [2.75, 3.05) is 13.2 Å². The van der Waals surface area contributed by atoms with E-state index in [2.05, 4.69) is 29.6 Å². The summed E-state index contributed by atoms with van der Waals surface area (Å²) >= 11 is 0. The van der Waals surface area contributed by atoms with E-state index in [-0.39, 0.29) is 19.1 Å². The molecule has 5 nitrogen and oxygen atoms in total. The molecule has 0 saturated heterocycles. The second-order valence-corrected chi connectivity index (χ2v) is 6.53. The Kier molecular flexibility index (Phi) is 5.56. The number of hydrogen-bond acceptors (Lipinski definition) is 3. The van der Waals surface area contributed by atoms with Gasteiger partial charge in [-0.05, 0) is 28.7 Å². The number of nitrogens with one attached hydrogen (secondary N) is 1. The van der Waals surface area contributed by atoms with Crippen LogP contribution >= 0.6 is 0 Å². The highest BCUT2D eigenvalue weighted by Crippen LogP contribution is 2.44. The maximum atomic E-state index is 12.0. The van der Waals surface area contributed by atoms with Crippen molar-refractivity contribution in [1.29, 1.82) is 0 Å². The summed E-state index contributed by atoms with van der Waals surface area (Å²) in [6.07, 6.45) is 0.705. The number of ether oxygens (including phenoxy) is 1. The second-order valence-electron chi connectivity index (χ2n) is 6.53. The van der Waals surface area contributed by atoms with Gasteiger partial charge in [0.15, 0.2) is 0 Å². The third-order valence-corrected chi connectivity index (χ3v) is 4.82. The summed E-state index contributed by atoms with van der Waals surface area (Å²) in [4.78, 5) is 23.2. The standard InChI is InChI=1S/C21H23NO4/c1-2-7-14(20(23)24)12-22-21(25)26-13-19-17-10-5-3-8-15(17)16-9-4-6-11-18(16)19/h3-6,8-11,14,19H,2,7,12-13H2,1H3,(H,22,25)(H,23,24)/t14-/m1/s1. The van der Waals surface area contributed by atoms with Crippen LogP contribution in [0.4, 0.5) is 4.79 Å². The number of carboxylic acids is 1. The second kappa shape index (κ2) is 8.04. The van der Waals surface area contributed by atoms with Crippen LogP contribution in [0.3, 0.4) is 0 Å². The van der Waals surface area contributed by atoms with Gasteiger partial charge in [0.25, 0.3) is 0 Å². The first-order valence-electron chi connectivity index (χ1n) is 8.93.